The van der Waals surface area contributed by atoms with Gasteiger partial charge in [0.15, 0.2) is 0 Å². The van der Waals surface area contributed by atoms with Crippen LogP contribution in [0.5, 0.6) is 5.75 Å². The van der Waals surface area contributed by atoms with E-state index in [1.807, 2.05) is 79.9 Å². The molecule has 0 radical (unpaired) electrons. The normalized spacial score (nSPS) is 10.6. The molecule has 4 aromatic rings. The number of hydrogen-bond donors (Lipinski definition) is 1. The molecule has 0 aliphatic heterocycles. The molecule has 1 amide bonds. The molecular weight excluding hydrogens is 410 g/mol. The predicted molar refractivity (Wildman–Crippen MR) is 122 cm³/mol. The summed E-state index contributed by atoms with van der Waals surface area (Å²) in [5.74, 6) is 0.926. The van der Waals surface area contributed by atoms with E-state index in [4.69, 9.17) is 4.74 Å². The van der Waals surface area contributed by atoms with Crippen LogP contribution in [0.15, 0.2) is 84.1 Å². The smallest absolute Gasteiger partial charge is 0.234 e. The Balaban J connectivity index is 1.30. The van der Waals surface area contributed by atoms with Crippen molar-refractivity contribution in [1.29, 1.82) is 0 Å². The summed E-state index contributed by atoms with van der Waals surface area (Å²) in [5, 5.41) is 16.3. The van der Waals surface area contributed by atoms with Crippen molar-refractivity contribution in [2.45, 2.75) is 11.9 Å². The van der Waals surface area contributed by atoms with E-state index in [0.29, 0.717) is 11.6 Å². The number of ether oxygens (including phenoxy) is 1. The first kappa shape index (κ1) is 20.6. The summed E-state index contributed by atoms with van der Waals surface area (Å²) >= 11 is 1.34. The van der Waals surface area contributed by atoms with Crippen molar-refractivity contribution in [2.75, 3.05) is 17.7 Å². The highest BCUT2D eigenvalue weighted by Crippen LogP contribution is 2.22. The van der Waals surface area contributed by atoms with Crippen LogP contribution >= 0.6 is 11.8 Å². The number of amides is 1. The first-order valence-electron chi connectivity index (χ1n) is 9.81. The van der Waals surface area contributed by atoms with E-state index >= 15 is 0 Å². The van der Waals surface area contributed by atoms with Gasteiger partial charge in [-0.15, -0.1) is 10.2 Å². The Morgan fingerprint density at radius 1 is 1.03 bits per heavy atom. The van der Waals surface area contributed by atoms with Gasteiger partial charge in [-0.25, -0.2) is 4.68 Å². The number of nitrogens with zero attached hydrogens (tertiary/aromatic N) is 4. The number of rotatable bonds is 8. The zero-order valence-corrected chi connectivity index (χ0v) is 17.7. The fraction of sp³-hybridized carbons (Fsp3) is 0.130. The van der Waals surface area contributed by atoms with Crippen LogP contribution in [-0.2, 0) is 4.79 Å². The Morgan fingerprint density at radius 3 is 2.48 bits per heavy atom. The number of carbonyl (C=O) groups is 1. The van der Waals surface area contributed by atoms with Gasteiger partial charge in [-0.3, -0.25) is 4.79 Å². The summed E-state index contributed by atoms with van der Waals surface area (Å²) in [6, 6.07) is 20.9. The van der Waals surface area contributed by atoms with Crippen LogP contribution in [0.1, 0.15) is 6.92 Å². The van der Waals surface area contributed by atoms with Gasteiger partial charge in [0.25, 0.3) is 0 Å². The number of hydrogen-bond acceptors (Lipinski definition) is 6. The lowest BCUT2D eigenvalue weighted by Gasteiger charge is -2.07. The highest BCUT2D eigenvalue weighted by atomic mass is 32.2. The number of benzene rings is 2. The Kier molecular flexibility index (Phi) is 6.59. The summed E-state index contributed by atoms with van der Waals surface area (Å²) in [6.45, 7) is 2.54. The molecule has 0 saturated heterocycles. The molecule has 2 heterocycles. The summed E-state index contributed by atoms with van der Waals surface area (Å²) in [5.41, 5.74) is 3.45. The molecule has 0 saturated carbocycles. The molecule has 0 unspecified atom stereocenters. The quantitative estimate of drug-likeness (QED) is 0.415. The maximum atomic E-state index is 12.2. The van der Waals surface area contributed by atoms with Crippen LogP contribution in [0, 0.1) is 0 Å². The first-order valence-corrected chi connectivity index (χ1v) is 10.8. The van der Waals surface area contributed by atoms with Crippen molar-refractivity contribution < 1.29 is 9.53 Å². The van der Waals surface area contributed by atoms with Gasteiger partial charge in [-0.1, -0.05) is 23.9 Å². The molecule has 2 aromatic heterocycles. The van der Waals surface area contributed by atoms with Gasteiger partial charge in [0.1, 0.15) is 10.8 Å². The molecule has 0 fully saturated rings. The van der Waals surface area contributed by atoms with E-state index in [-0.39, 0.29) is 11.7 Å². The largest absolute Gasteiger partial charge is 0.494 e. The third-order valence-electron chi connectivity index (χ3n) is 4.37. The third kappa shape index (κ3) is 5.49. The molecule has 0 bridgehead atoms. The molecule has 31 heavy (non-hydrogen) atoms. The fourth-order valence-corrected chi connectivity index (χ4v) is 3.51. The van der Waals surface area contributed by atoms with E-state index in [9.17, 15) is 4.79 Å². The summed E-state index contributed by atoms with van der Waals surface area (Å²) in [6.07, 6.45) is 3.64. The molecule has 1 N–H and O–H groups in total. The zero-order valence-electron chi connectivity index (χ0n) is 16.9. The lowest BCUT2D eigenvalue weighted by atomic mass is 10.1. The minimum Gasteiger partial charge on any atom is -0.494 e. The van der Waals surface area contributed by atoms with Crippen LogP contribution in [0.3, 0.4) is 0 Å². The molecule has 0 aliphatic rings. The summed E-state index contributed by atoms with van der Waals surface area (Å²) in [4.78, 5) is 12.2. The van der Waals surface area contributed by atoms with Gasteiger partial charge in [-0.2, -0.15) is 5.10 Å². The van der Waals surface area contributed by atoms with Crippen LogP contribution in [0.2, 0.25) is 0 Å². The average molecular weight is 432 g/mol. The standard InChI is InChI=1S/C23H21N5O2S/c1-2-30-20-10-6-18(7-11-20)25-22(29)16-31-23-13-12-21(26-27-23)17-4-8-19(9-5-17)28-15-3-14-24-28/h3-15H,2,16H2,1H3,(H,25,29). The van der Waals surface area contributed by atoms with Crippen LogP contribution in [0.25, 0.3) is 16.9 Å². The minimum atomic E-state index is -0.103. The molecular formula is C23H21N5O2S. The van der Waals surface area contributed by atoms with E-state index in [2.05, 4.69) is 20.6 Å². The van der Waals surface area contributed by atoms with Crippen LogP contribution < -0.4 is 10.1 Å². The maximum Gasteiger partial charge on any atom is 0.234 e. The van der Waals surface area contributed by atoms with Gasteiger partial charge in [-0.05, 0) is 61.5 Å². The molecule has 0 spiro atoms. The molecule has 4 rings (SSSR count). The Hall–Kier alpha value is -3.65. The third-order valence-corrected chi connectivity index (χ3v) is 5.29. The van der Waals surface area contributed by atoms with Gasteiger partial charge in [0.05, 0.1) is 23.7 Å². The van der Waals surface area contributed by atoms with Gasteiger partial charge >= 0.3 is 0 Å². The molecule has 0 aliphatic carbocycles. The summed E-state index contributed by atoms with van der Waals surface area (Å²) in [7, 11) is 0. The number of anilines is 1. The second-order valence-electron chi connectivity index (χ2n) is 6.55. The van der Waals surface area contributed by atoms with Crippen molar-refractivity contribution in [1.82, 2.24) is 20.0 Å². The number of aromatic nitrogens is 4. The Labute approximate surface area is 184 Å². The predicted octanol–water partition coefficient (Wildman–Crippen LogP) is 4.46. The number of nitrogens with one attached hydrogen (secondary N) is 1. The number of thioether (sulfide) groups is 1. The van der Waals surface area contributed by atoms with Crippen molar-refractivity contribution in [2.24, 2.45) is 0 Å². The van der Waals surface area contributed by atoms with Crippen molar-refractivity contribution >= 4 is 23.4 Å². The monoisotopic (exact) mass is 431 g/mol. The minimum absolute atomic E-state index is 0.103. The second kappa shape index (κ2) is 9.90. The lowest BCUT2D eigenvalue weighted by Crippen LogP contribution is -2.14. The van der Waals surface area contributed by atoms with E-state index in [0.717, 1.165) is 28.4 Å². The van der Waals surface area contributed by atoms with Crippen molar-refractivity contribution in [3.8, 4) is 22.7 Å². The average Bonchev–Trinajstić information content (AvgIpc) is 3.35. The van der Waals surface area contributed by atoms with Gasteiger partial charge in [0, 0.05) is 23.6 Å². The molecule has 7 nitrogen and oxygen atoms in total. The van der Waals surface area contributed by atoms with Crippen molar-refractivity contribution in [3.05, 3.63) is 79.1 Å². The Morgan fingerprint density at radius 2 is 1.84 bits per heavy atom. The fourth-order valence-electron chi connectivity index (χ4n) is 2.90. The molecule has 8 heteroatoms. The highest BCUT2D eigenvalue weighted by Gasteiger charge is 2.07. The lowest BCUT2D eigenvalue weighted by molar-refractivity contribution is -0.113. The summed E-state index contributed by atoms with van der Waals surface area (Å²) < 4.78 is 7.20. The SMILES string of the molecule is CCOc1ccc(NC(=O)CSc2ccc(-c3ccc(-n4cccn4)cc3)nn2)cc1. The van der Waals surface area contributed by atoms with Crippen LogP contribution in [0.4, 0.5) is 5.69 Å². The Bertz CT molecular complexity index is 1110. The van der Waals surface area contributed by atoms with E-state index in [1.165, 1.54) is 11.8 Å². The topological polar surface area (TPSA) is 81.9 Å². The van der Waals surface area contributed by atoms with Gasteiger partial charge < -0.3 is 10.1 Å². The maximum absolute atomic E-state index is 12.2. The van der Waals surface area contributed by atoms with E-state index in [1.54, 1.807) is 10.9 Å². The molecule has 156 valence electrons. The van der Waals surface area contributed by atoms with E-state index < -0.39 is 0 Å². The first-order chi connectivity index (χ1) is 15.2. The van der Waals surface area contributed by atoms with Gasteiger partial charge in [0.2, 0.25) is 5.91 Å². The number of carbonyl (C=O) groups excluding carboxylic acids is 1. The second-order valence-corrected chi connectivity index (χ2v) is 7.54. The highest BCUT2D eigenvalue weighted by molar-refractivity contribution is 7.99. The molecule has 2 aromatic carbocycles. The van der Waals surface area contributed by atoms with Crippen molar-refractivity contribution in [3.63, 3.8) is 0 Å². The zero-order chi connectivity index (χ0) is 21.5. The molecule has 0 atom stereocenters. The van der Waals surface area contributed by atoms with Crippen LogP contribution in [-0.4, -0.2) is 38.2 Å².